The van der Waals surface area contributed by atoms with Crippen LogP contribution in [-0.2, 0) is 23.7 Å². The lowest BCUT2D eigenvalue weighted by molar-refractivity contribution is -0.369. The maximum absolute atomic E-state index is 11.2. The van der Waals surface area contributed by atoms with E-state index in [1.807, 2.05) is 6.92 Å². The van der Waals surface area contributed by atoms with Crippen LogP contribution in [0.2, 0.25) is 0 Å². The van der Waals surface area contributed by atoms with Crippen molar-refractivity contribution < 1.29 is 23.7 Å². The lowest BCUT2D eigenvalue weighted by Gasteiger charge is -2.35. The van der Waals surface area contributed by atoms with Crippen molar-refractivity contribution in [1.82, 2.24) is 0 Å². The lowest BCUT2D eigenvalue weighted by atomic mass is 10.0. The summed E-state index contributed by atoms with van der Waals surface area (Å²) in [5.41, 5.74) is -0.257. The number of esters is 1. The summed E-state index contributed by atoms with van der Waals surface area (Å²) in [5, 5.41) is 0. The highest BCUT2D eigenvalue weighted by atomic mass is 16.9. The fraction of sp³-hybridized carbons (Fsp3) is 0.909. The minimum Gasteiger partial charge on any atom is -0.466 e. The number of carbonyl (C=O) groups is 1. The molecule has 2 aliphatic heterocycles. The summed E-state index contributed by atoms with van der Waals surface area (Å²) < 4.78 is 21.6. The van der Waals surface area contributed by atoms with Gasteiger partial charge in [-0.2, -0.15) is 0 Å². The Morgan fingerprint density at radius 2 is 2.25 bits per heavy atom. The van der Waals surface area contributed by atoms with Crippen LogP contribution >= 0.6 is 0 Å². The molecule has 5 nitrogen and oxygen atoms in total. The molecule has 2 bridgehead atoms. The van der Waals surface area contributed by atoms with Crippen LogP contribution < -0.4 is 0 Å². The normalized spacial score (nSPS) is 37.4. The molecule has 0 spiro atoms. The van der Waals surface area contributed by atoms with Gasteiger partial charge in [-0.1, -0.05) is 0 Å². The van der Waals surface area contributed by atoms with E-state index in [9.17, 15) is 4.79 Å². The van der Waals surface area contributed by atoms with Crippen molar-refractivity contribution in [1.29, 1.82) is 0 Å². The van der Waals surface area contributed by atoms with E-state index in [4.69, 9.17) is 18.9 Å². The summed E-state index contributed by atoms with van der Waals surface area (Å²) in [6.07, 6.45) is 1.47. The van der Waals surface area contributed by atoms with Crippen LogP contribution in [-0.4, -0.2) is 37.4 Å². The summed E-state index contributed by atoms with van der Waals surface area (Å²) in [4.78, 5) is 11.2. The number of carbonyl (C=O) groups excluding carboxylic acids is 1. The van der Waals surface area contributed by atoms with E-state index in [2.05, 4.69) is 0 Å². The highest BCUT2D eigenvalue weighted by Gasteiger charge is 2.52. The van der Waals surface area contributed by atoms with E-state index in [0.29, 0.717) is 26.2 Å². The number of ether oxygens (including phenoxy) is 4. The number of fused-ring (bicyclic) bond motifs is 2. The largest absolute Gasteiger partial charge is 0.466 e. The molecular formula is C11H18O5. The Morgan fingerprint density at radius 3 is 3.00 bits per heavy atom. The topological polar surface area (TPSA) is 54.0 Å². The van der Waals surface area contributed by atoms with Crippen molar-refractivity contribution in [2.45, 2.75) is 44.7 Å². The van der Waals surface area contributed by atoms with Gasteiger partial charge in [0, 0.05) is 12.8 Å². The number of hydrogen-bond acceptors (Lipinski definition) is 5. The summed E-state index contributed by atoms with van der Waals surface area (Å²) in [6.45, 7) is 5.32. The molecule has 92 valence electrons. The molecule has 16 heavy (non-hydrogen) atoms. The van der Waals surface area contributed by atoms with Gasteiger partial charge in [0.15, 0.2) is 0 Å². The zero-order valence-corrected chi connectivity index (χ0v) is 9.78. The third-order valence-electron chi connectivity index (χ3n) is 2.89. The van der Waals surface area contributed by atoms with Gasteiger partial charge in [-0.05, 0) is 13.8 Å². The van der Waals surface area contributed by atoms with Crippen molar-refractivity contribution in [3.05, 3.63) is 0 Å². The molecule has 0 aromatic carbocycles. The van der Waals surface area contributed by atoms with E-state index >= 15 is 0 Å². The monoisotopic (exact) mass is 230 g/mol. The minimum atomic E-state index is -1.01. The smallest absolute Gasteiger partial charge is 0.306 e. The molecule has 0 amide bonds. The molecular weight excluding hydrogens is 212 g/mol. The van der Waals surface area contributed by atoms with Gasteiger partial charge in [0.05, 0.1) is 31.8 Å². The SMILES string of the molecule is CCOC(=O)CCC12OCCC(C)(CO1)O2. The van der Waals surface area contributed by atoms with Crippen LogP contribution in [0.4, 0.5) is 0 Å². The summed E-state index contributed by atoms with van der Waals surface area (Å²) in [5.74, 6) is -1.26. The first-order valence-electron chi connectivity index (χ1n) is 5.71. The summed E-state index contributed by atoms with van der Waals surface area (Å²) in [7, 11) is 0. The molecule has 0 saturated carbocycles. The molecule has 2 aliphatic rings. The van der Waals surface area contributed by atoms with Gasteiger partial charge in [0.2, 0.25) is 0 Å². The van der Waals surface area contributed by atoms with Gasteiger partial charge in [0.25, 0.3) is 5.97 Å². The van der Waals surface area contributed by atoms with Crippen molar-refractivity contribution >= 4 is 5.97 Å². The van der Waals surface area contributed by atoms with Crippen LogP contribution in [0, 0.1) is 0 Å². The third-order valence-corrected chi connectivity index (χ3v) is 2.89. The molecule has 0 aliphatic carbocycles. The second-order valence-corrected chi connectivity index (χ2v) is 4.43. The van der Waals surface area contributed by atoms with E-state index < -0.39 is 5.97 Å². The fourth-order valence-electron chi connectivity index (χ4n) is 2.00. The molecule has 5 heteroatoms. The first kappa shape index (κ1) is 11.8. The molecule has 2 heterocycles. The van der Waals surface area contributed by atoms with Crippen LogP contribution in [0.5, 0.6) is 0 Å². The first-order chi connectivity index (χ1) is 7.58. The zero-order chi connectivity index (χ0) is 11.6. The Morgan fingerprint density at radius 1 is 1.44 bits per heavy atom. The predicted molar refractivity (Wildman–Crippen MR) is 54.6 cm³/mol. The Bertz CT molecular complexity index is 280. The highest BCUT2D eigenvalue weighted by Crippen LogP contribution is 2.41. The molecule has 0 aromatic heterocycles. The Labute approximate surface area is 95.0 Å². The summed E-state index contributed by atoms with van der Waals surface area (Å²) >= 11 is 0. The first-order valence-corrected chi connectivity index (χ1v) is 5.71. The Kier molecular flexibility index (Phi) is 3.19. The molecule has 0 radical (unpaired) electrons. The number of hydrogen-bond donors (Lipinski definition) is 0. The second-order valence-electron chi connectivity index (χ2n) is 4.43. The van der Waals surface area contributed by atoms with Gasteiger partial charge in [0.1, 0.15) is 0 Å². The van der Waals surface area contributed by atoms with E-state index in [1.165, 1.54) is 0 Å². The van der Waals surface area contributed by atoms with Gasteiger partial charge in [-0.15, -0.1) is 0 Å². The van der Waals surface area contributed by atoms with Crippen molar-refractivity contribution in [3.8, 4) is 0 Å². The van der Waals surface area contributed by atoms with Crippen LogP contribution in [0.1, 0.15) is 33.1 Å². The van der Waals surface area contributed by atoms with Crippen molar-refractivity contribution in [2.24, 2.45) is 0 Å². The van der Waals surface area contributed by atoms with E-state index in [-0.39, 0.29) is 18.0 Å². The zero-order valence-electron chi connectivity index (χ0n) is 9.78. The quantitative estimate of drug-likeness (QED) is 0.679. The molecule has 2 unspecified atom stereocenters. The molecule has 2 atom stereocenters. The predicted octanol–water partition coefficient (Wildman–Crippen LogP) is 1.21. The maximum Gasteiger partial charge on any atom is 0.306 e. The van der Waals surface area contributed by atoms with Gasteiger partial charge in [-0.3, -0.25) is 4.79 Å². The second kappa shape index (κ2) is 4.31. The maximum atomic E-state index is 11.2. The minimum absolute atomic E-state index is 0.244. The van der Waals surface area contributed by atoms with Gasteiger partial charge < -0.3 is 18.9 Å². The number of rotatable bonds is 4. The van der Waals surface area contributed by atoms with Crippen LogP contribution in [0.15, 0.2) is 0 Å². The molecule has 2 saturated heterocycles. The van der Waals surface area contributed by atoms with Crippen molar-refractivity contribution in [2.75, 3.05) is 19.8 Å². The molecule has 0 N–H and O–H groups in total. The summed E-state index contributed by atoms with van der Waals surface area (Å²) in [6, 6.07) is 0. The highest BCUT2D eigenvalue weighted by molar-refractivity contribution is 5.69. The molecule has 2 fully saturated rings. The van der Waals surface area contributed by atoms with Crippen LogP contribution in [0.25, 0.3) is 0 Å². The van der Waals surface area contributed by atoms with Crippen LogP contribution in [0.3, 0.4) is 0 Å². The lowest BCUT2D eigenvalue weighted by Crippen LogP contribution is -2.43. The average Bonchev–Trinajstić information content (AvgIpc) is 2.48. The molecule has 0 aromatic rings. The standard InChI is InChI=1S/C11H18O5/c1-3-13-9(12)4-5-11-14-7-6-10(2,16-11)8-15-11/h3-8H2,1-2H3. The third kappa shape index (κ3) is 2.36. The van der Waals surface area contributed by atoms with E-state index in [1.54, 1.807) is 6.92 Å². The molecule has 2 rings (SSSR count). The Balaban J connectivity index is 1.87. The Hall–Kier alpha value is -0.650. The van der Waals surface area contributed by atoms with Crippen molar-refractivity contribution in [3.63, 3.8) is 0 Å². The van der Waals surface area contributed by atoms with E-state index in [0.717, 1.165) is 6.42 Å². The fourth-order valence-corrected chi connectivity index (χ4v) is 2.00. The average molecular weight is 230 g/mol. The van der Waals surface area contributed by atoms with Gasteiger partial charge >= 0.3 is 5.97 Å². The van der Waals surface area contributed by atoms with Gasteiger partial charge in [-0.25, -0.2) is 0 Å².